The monoisotopic (exact) mass is 681 g/mol. The number of aryl methyl sites for hydroxylation is 1. The van der Waals surface area contributed by atoms with Gasteiger partial charge < -0.3 is 10.4 Å². The molecule has 4 aromatic rings. The fourth-order valence-electron chi connectivity index (χ4n) is 3.50. The SMILES string of the molecule is CC.CC.CC.CCNc1ccc2c(O)c(N=Nc3[c-]cc(N=Nc4ccccc4)c(C)c3)c(S(=O)(=O)OC)cc2c1.[Y]. The van der Waals surface area contributed by atoms with E-state index < -0.39 is 10.1 Å². The van der Waals surface area contributed by atoms with Crippen LogP contribution in [0.3, 0.4) is 0 Å². The summed E-state index contributed by atoms with van der Waals surface area (Å²) in [5.74, 6) is -0.320. The van der Waals surface area contributed by atoms with Crippen LogP contribution in [-0.2, 0) is 47.0 Å². The summed E-state index contributed by atoms with van der Waals surface area (Å²) in [5, 5.41) is 31.7. The van der Waals surface area contributed by atoms with Gasteiger partial charge in [0, 0.05) is 50.3 Å². The predicted molar refractivity (Wildman–Crippen MR) is 173 cm³/mol. The van der Waals surface area contributed by atoms with E-state index in [-0.39, 0.29) is 49.0 Å². The van der Waals surface area contributed by atoms with Gasteiger partial charge in [0.15, 0.2) is 5.75 Å². The number of fused-ring (bicyclic) bond motifs is 1. The van der Waals surface area contributed by atoms with Crippen LogP contribution >= 0.6 is 0 Å². The van der Waals surface area contributed by atoms with E-state index in [1.807, 2.05) is 85.7 Å². The summed E-state index contributed by atoms with van der Waals surface area (Å²) in [6.07, 6.45) is 0. The van der Waals surface area contributed by atoms with Gasteiger partial charge in [0.1, 0.15) is 10.6 Å². The number of benzene rings is 4. The van der Waals surface area contributed by atoms with Gasteiger partial charge in [0.25, 0.3) is 10.1 Å². The Morgan fingerprint density at radius 2 is 1.53 bits per heavy atom. The van der Waals surface area contributed by atoms with E-state index in [9.17, 15) is 13.5 Å². The topological polar surface area (TPSA) is 125 Å². The molecule has 4 aromatic carbocycles. The Kier molecular flexibility index (Phi) is 19.3. The second-order valence-electron chi connectivity index (χ2n) is 7.78. The predicted octanol–water partition coefficient (Wildman–Crippen LogP) is 10.3. The first-order chi connectivity index (χ1) is 20.3. The van der Waals surface area contributed by atoms with Crippen molar-refractivity contribution in [2.75, 3.05) is 19.0 Å². The fraction of sp³-hybridized carbons (Fsp3) is 0.312. The van der Waals surface area contributed by atoms with Crippen LogP contribution in [-0.4, -0.2) is 27.2 Å². The number of rotatable bonds is 8. The van der Waals surface area contributed by atoms with E-state index >= 15 is 0 Å². The quantitative estimate of drug-likeness (QED) is 0.109. The van der Waals surface area contributed by atoms with Crippen LogP contribution in [0.1, 0.15) is 54.0 Å². The number of anilines is 1. The maximum Gasteiger partial charge on any atom is 0.299 e. The summed E-state index contributed by atoms with van der Waals surface area (Å²) in [6, 6.07) is 22.2. The van der Waals surface area contributed by atoms with E-state index in [0.29, 0.717) is 28.7 Å². The molecule has 0 atom stereocenters. The van der Waals surface area contributed by atoms with Gasteiger partial charge in [0.05, 0.1) is 12.8 Å². The van der Waals surface area contributed by atoms with Crippen molar-refractivity contribution in [3.8, 4) is 5.75 Å². The molecular weight excluding hydrogens is 639 g/mol. The van der Waals surface area contributed by atoms with Crippen LogP contribution < -0.4 is 5.32 Å². The molecule has 0 aliphatic rings. The van der Waals surface area contributed by atoms with E-state index in [1.54, 1.807) is 30.3 Å². The molecule has 0 fully saturated rings. The van der Waals surface area contributed by atoms with Gasteiger partial charge in [-0.3, -0.25) is 4.18 Å². The molecule has 0 aromatic heterocycles. The van der Waals surface area contributed by atoms with Gasteiger partial charge in [-0.15, -0.1) is 22.8 Å². The van der Waals surface area contributed by atoms with Crippen LogP contribution in [0.25, 0.3) is 10.8 Å². The summed E-state index contributed by atoms with van der Waals surface area (Å²) in [7, 11) is -3.14. The Bertz CT molecular complexity index is 1580. The third-order valence-corrected chi connectivity index (χ3v) is 6.61. The molecule has 0 spiro atoms. The number of hydrogen-bond donors (Lipinski definition) is 2. The maximum absolute atomic E-state index is 12.6. The standard InChI is InChI=1S/C26H24N5O4S.3C2H6.Y/c1-4-27-20-10-12-22-18(15-20)16-24(36(33,34)35-3)25(26(22)32)31-29-21-11-13-23(17(2)14-21)30-28-19-8-6-5-7-9-19;3*1-2;/h5-10,12-16,27,32H,4H2,1-3H3;3*1-2H3;/q-1;;;;. The molecule has 0 saturated carbocycles. The molecule has 0 heterocycles. The minimum absolute atomic E-state index is 0. The number of phenols is 1. The number of aromatic hydroxyl groups is 1. The summed E-state index contributed by atoms with van der Waals surface area (Å²) in [4.78, 5) is -0.294. The minimum Gasteiger partial charge on any atom is -0.505 e. The van der Waals surface area contributed by atoms with Crippen LogP contribution in [0.15, 0.2) is 92.1 Å². The zero-order chi connectivity index (χ0) is 31.7. The van der Waals surface area contributed by atoms with Gasteiger partial charge in [-0.2, -0.15) is 24.7 Å². The molecule has 229 valence electrons. The minimum atomic E-state index is -4.19. The summed E-state index contributed by atoms with van der Waals surface area (Å²) in [6.45, 7) is 16.5. The molecule has 1 radical (unpaired) electrons. The van der Waals surface area contributed by atoms with Crippen molar-refractivity contribution in [2.24, 2.45) is 20.5 Å². The van der Waals surface area contributed by atoms with Crippen molar-refractivity contribution in [3.05, 3.63) is 78.4 Å². The third kappa shape index (κ3) is 11.2. The molecule has 0 aliphatic heterocycles. The molecule has 43 heavy (non-hydrogen) atoms. The van der Waals surface area contributed by atoms with Gasteiger partial charge in [-0.25, -0.2) is 5.11 Å². The largest absolute Gasteiger partial charge is 0.505 e. The van der Waals surface area contributed by atoms with Crippen molar-refractivity contribution < 1.29 is 50.4 Å². The number of nitrogens with one attached hydrogen (secondary N) is 1. The van der Waals surface area contributed by atoms with Crippen molar-refractivity contribution in [3.63, 3.8) is 0 Å². The Morgan fingerprint density at radius 1 is 0.884 bits per heavy atom. The van der Waals surface area contributed by atoms with Crippen LogP contribution in [0.4, 0.5) is 28.4 Å². The Hall–Kier alpha value is -3.05. The first-order valence-corrected chi connectivity index (χ1v) is 15.5. The average Bonchev–Trinajstić information content (AvgIpc) is 3.03. The average molecular weight is 682 g/mol. The van der Waals surface area contributed by atoms with Crippen molar-refractivity contribution in [1.29, 1.82) is 0 Å². The van der Waals surface area contributed by atoms with Crippen molar-refractivity contribution in [2.45, 2.75) is 60.3 Å². The van der Waals surface area contributed by atoms with Crippen LogP contribution in [0.2, 0.25) is 0 Å². The number of azo groups is 2. The summed E-state index contributed by atoms with van der Waals surface area (Å²) < 4.78 is 30.0. The molecular formula is C32H42N5O4SY-. The second-order valence-corrected chi connectivity index (χ2v) is 9.46. The molecule has 4 rings (SSSR count). The van der Waals surface area contributed by atoms with Gasteiger partial charge in [-0.05, 0) is 60.1 Å². The first kappa shape index (κ1) is 40.0. The van der Waals surface area contributed by atoms with Crippen LogP contribution in [0, 0.1) is 13.0 Å². The number of hydrogen-bond acceptors (Lipinski definition) is 9. The molecule has 2 N–H and O–H groups in total. The third-order valence-electron chi connectivity index (χ3n) is 5.32. The molecule has 0 aliphatic carbocycles. The molecule has 0 amide bonds. The van der Waals surface area contributed by atoms with Gasteiger partial charge in [-0.1, -0.05) is 66.7 Å². The Balaban J connectivity index is 0.00000237. The Morgan fingerprint density at radius 3 is 2.12 bits per heavy atom. The maximum atomic E-state index is 12.6. The van der Waals surface area contributed by atoms with Gasteiger partial charge >= 0.3 is 0 Å². The van der Waals surface area contributed by atoms with Crippen LogP contribution in [0.5, 0.6) is 5.75 Å². The normalized spacial score (nSPS) is 10.5. The zero-order valence-corrected chi connectivity index (χ0v) is 30.2. The van der Waals surface area contributed by atoms with E-state index in [2.05, 4.69) is 31.8 Å². The van der Waals surface area contributed by atoms with E-state index in [4.69, 9.17) is 4.18 Å². The fourth-order valence-corrected chi connectivity index (χ4v) is 4.32. The smallest absolute Gasteiger partial charge is 0.299 e. The summed E-state index contributed by atoms with van der Waals surface area (Å²) in [5.41, 5.74) is 2.98. The molecule has 0 bridgehead atoms. The first-order valence-electron chi connectivity index (χ1n) is 14.1. The molecule has 9 nitrogen and oxygen atoms in total. The summed E-state index contributed by atoms with van der Waals surface area (Å²) >= 11 is 0. The number of phenolic OH excluding ortho intramolecular Hbond substituents is 1. The second kappa shape index (κ2) is 20.8. The molecule has 0 unspecified atom stereocenters. The molecule has 0 saturated heterocycles. The van der Waals surface area contributed by atoms with Crippen molar-refractivity contribution in [1.82, 2.24) is 0 Å². The number of nitrogens with zero attached hydrogens (tertiary/aromatic N) is 4. The van der Waals surface area contributed by atoms with E-state index in [1.165, 1.54) is 6.07 Å². The van der Waals surface area contributed by atoms with Gasteiger partial charge in [0.2, 0.25) is 0 Å². The van der Waals surface area contributed by atoms with Crippen molar-refractivity contribution >= 4 is 49.3 Å². The Labute approximate surface area is 281 Å². The van der Waals surface area contributed by atoms with E-state index in [0.717, 1.165) is 24.0 Å². The molecule has 11 heteroatoms. The zero-order valence-electron chi connectivity index (χ0n) is 26.5.